The molecule has 0 fully saturated rings. The molecular formula is C12H15BrN2O3. The number of carboxylic acids is 1. The van der Waals surface area contributed by atoms with E-state index in [9.17, 15) is 9.59 Å². The summed E-state index contributed by atoms with van der Waals surface area (Å²) in [5.41, 5.74) is 0.975. The maximum atomic E-state index is 11.5. The van der Waals surface area contributed by atoms with Crippen molar-refractivity contribution in [2.45, 2.75) is 6.92 Å². The maximum Gasteiger partial charge on any atom is 0.335 e. The molecule has 18 heavy (non-hydrogen) atoms. The lowest BCUT2D eigenvalue weighted by molar-refractivity contribution is -0.119. The fourth-order valence-electron chi connectivity index (χ4n) is 1.50. The van der Waals surface area contributed by atoms with E-state index in [-0.39, 0.29) is 18.0 Å². The summed E-state index contributed by atoms with van der Waals surface area (Å²) < 4.78 is 0.647. The number of amides is 1. The minimum atomic E-state index is -0.978. The van der Waals surface area contributed by atoms with Crippen LogP contribution >= 0.6 is 15.9 Å². The minimum Gasteiger partial charge on any atom is -0.478 e. The molecule has 6 heteroatoms. The zero-order valence-corrected chi connectivity index (χ0v) is 11.8. The van der Waals surface area contributed by atoms with E-state index in [4.69, 9.17) is 5.11 Å². The Bertz CT molecular complexity index is 463. The number of carbonyl (C=O) groups excluding carboxylic acids is 1. The quantitative estimate of drug-likeness (QED) is 0.868. The monoisotopic (exact) mass is 314 g/mol. The second kappa shape index (κ2) is 6.39. The van der Waals surface area contributed by atoms with Gasteiger partial charge >= 0.3 is 5.97 Å². The van der Waals surface area contributed by atoms with E-state index in [1.807, 2.05) is 6.92 Å². The molecule has 1 aromatic rings. The highest BCUT2D eigenvalue weighted by Gasteiger charge is 2.12. The van der Waals surface area contributed by atoms with Gasteiger partial charge in [0.25, 0.3) is 0 Å². The molecular weight excluding hydrogens is 300 g/mol. The summed E-state index contributed by atoms with van der Waals surface area (Å²) in [6, 6.07) is 4.70. The summed E-state index contributed by atoms with van der Waals surface area (Å²) >= 11 is 3.31. The molecule has 1 amide bonds. The number of halogens is 1. The number of anilines is 1. The lowest BCUT2D eigenvalue weighted by Gasteiger charge is -2.20. The van der Waals surface area contributed by atoms with Crippen molar-refractivity contribution in [2.75, 3.05) is 25.0 Å². The van der Waals surface area contributed by atoms with Crippen LogP contribution in [0.2, 0.25) is 0 Å². The lowest BCUT2D eigenvalue weighted by atomic mass is 10.2. The minimum absolute atomic E-state index is 0.0748. The van der Waals surface area contributed by atoms with Gasteiger partial charge in [-0.1, -0.05) is 0 Å². The zero-order valence-electron chi connectivity index (χ0n) is 10.2. The first-order chi connectivity index (χ1) is 8.45. The third-order valence-corrected chi connectivity index (χ3v) is 3.00. The highest BCUT2D eigenvalue weighted by atomic mass is 79.9. The van der Waals surface area contributed by atoms with Crippen LogP contribution in [0.25, 0.3) is 0 Å². The average Bonchev–Trinajstić information content (AvgIpc) is 2.28. The van der Waals surface area contributed by atoms with Gasteiger partial charge in [0.1, 0.15) is 0 Å². The highest BCUT2D eigenvalue weighted by molar-refractivity contribution is 9.10. The summed E-state index contributed by atoms with van der Waals surface area (Å²) in [6.45, 7) is 2.67. The van der Waals surface area contributed by atoms with Crippen molar-refractivity contribution in [1.82, 2.24) is 5.32 Å². The molecule has 0 saturated carbocycles. The van der Waals surface area contributed by atoms with Crippen LogP contribution in [0.1, 0.15) is 17.3 Å². The molecule has 0 unspecified atom stereocenters. The first-order valence-corrected chi connectivity index (χ1v) is 6.25. The van der Waals surface area contributed by atoms with Crippen LogP contribution in [-0.2, 0) is 4.79 Å². The molecule has 0 saturated heterocycles. The van der Waals surface area contributed by atoms with E-state index in [0.29, 0.717) is 11.0 Å². The van der Waals surface area contributed by atoms with Gasteiger partial charge < -0.3 is 15.3 Å². The summed E-state index contributed by atoms with van der Waals surface area (Å²) in [5.74, 6) is -1.05. The van der Waals surface area contributed by atoms with E-state index in [0.717, 1.165) is 5.69 Å². The Morgan fingerprint density at radius 1 is 1.44 bits per heavy atom. The van der Waals surface area contributed by atoms with Gasteiger partial charge in [0.05, 0.1) is 17.8 Å². The van der Waals surface area contributed by atoms with Crippen molar-refractivity contribution in [2.24, 2.45) is 0 Å². The molecule has 0 radical (unpaired) electrons. The number of aromatic carboxylic acids is 1. The van der Waals surface area contributed by atoms with Crippen LogP contribution in [0.4, 0.5) is 5.69 Å². The van der Waals surface area contributed by atoms with Gasteiger partial charge in [-0.2, -0.15) is 0 Å². The molecule has 5 nitrogen and oxygen atoms in total. The van der Waals surface area contributed by atoms with Gasteiger partial charge in [0, 0.05) is 18.1 Å². The number of nitrogens with one attached hydrogen (secondary N) is 1. The number of carbonyl (C=O) groups is 2. The topological polar surface area (TPSA) is 69.6 Å². The van der Waals surface area contributed by atoms with Crippen LogP contribution < -0.4 is 10.2 Å². The lowest BCUT2D eigenvalue weighted by Crippen LogP contribution is -2.35. The van der Waals surface area contributed by atoms with E-state index in [1.165, 1.54) is 12.1 Å². The molecule has 0 heterocycles. The Balaban J connectivity index is 2.83. The van der Waals surface area contributed by atoms with Crippen LogP contribution in [-0.4, -0.2) is 37.1 Å². The second-order valence-electron chi connectivity index (χ2n) is 3.78. The normalized spacial score (nSPS) is 9.94. The Labute approximate surface area is 114 Å². The van der Waals surface area contributed by atoms with Gasteiger partial charge in [-0.3, -0.25) is 4.79 Å². The number of carboxylic acid groups (broad SMARTS) is 1. The highest BCUT2D eigenvalue weighted by Crippen LogP contribution is 2.26. The van der Waals surface area contributed by atoms with Crippen molar-refractivity contribution >= 4 is 33.5 Å². The molecule has 0 spiro atoms. The van der Waals surface area contributed by atoms with Crippen LogP contribution in [0.5, 0.6) is 0 Å². The molecule has 98 valence electrons. The standard InChI is InChI=1S/C12H15BrN2O3/c1-3-14-11(16)7-15(2)10-5-4-8(12(17)18)6-9(10)13/h4-6H,3,7H2,1-2H3,(H,14,16)(H,17,18). The predicted molar refractivity (Wildman–Crippen MR) is 73.1 cm³/mol. The Morgan fingerprint density at radius 3 is 2.61 bits per heavy atom. The number of hydrogen-bond acceptors (Lipinski definition) is 3. The first-order valence-electron chi connectivity index (χ1n) is 5.46. The molecule has 2 N–H and O–H groups in total. The Kier molecular flexibility index (Phi) is 5.15. The third-order valence-electron chi connectivity index (χ3n) is 2.36. The molecule has 0 bridgehead atoms. The molecule has 1 rings (SSSR count). The van der Waals surface area contributed by atoms with Gasteiger partial charge in [-0.05, 0) is 41.1 Å². The van der Waals surface area contributed by atoms with Gasteiger partial charge in [-0.25, -0.2) is 4.79 Å². The number of likely N-dealkylation sites (N-methyl/N-ethyl adjacent to an activating group) is 2. The van der Waals surface area contributed by atoms with Crippen molar-refractivity contribution in [3.8, 4) is 0 Å². The number of benzene rings is 1. The number of nitrogens with zero attached hydrogens (tertiary/aromatic N) is 1. The molecule has 0 aromatic heterocycles. The van der Waals surface area contributed by atoms with Crippen molar-refractivity contribution in [3.63, 3.8) is 0 Å². The largest absolute Gasteiger partial charge is 0.478 e. The SMILES string of the molecule is CCNC(=O)CN(C)c1ccc(C(=O)O)cc1Br. The van der Waals surface area contributed by atoms with Gasteiger partial charge in [0.15, 0.2) is 0 Å². The van der Waals surface area contributed by atoms with E-state index in [1.54, 1.807) is 18.0 Å². The second-order valence-corrected chi connectivity index (χ2v) is 4.64. The maximum absolute atomic E-state index is 11.5. The summed E-state index contributed by atoms with van der Waals surface area (Å²) in [6.07, 6.45) is 0. The average molecular weight is 315 g/mol. The third kappa shape index (κ3) is 3.73. The molecule has 0 atom stereocenters. The van der Waals surface area contributed by atoms with Crippen LogP contribution in [0.3, 0.4) is 0 Å². The van der Waals surface area contributed by atoms with Crippen LogP contribution in [0, 0.1) is 0 Å². The fourth-order valence-corrected chi connectivity index (χ4v) is 2.18. The Morgan fingerprint density at radius 2 is 2.11 bits per heavy atom. The van der Waals surface area contributed by atoms with Crippen molar-refractivity contribution in [3.05, 3.63) is 28.2 Å². The fraction of sp³-hybridized carbons (Fsp3) is 0.333. The van der Waals surface area contributed by atoms with Crippen molar-refractivity contribution in [1.29, 1.82) is 0 Å². The van der Waals surface area contributed by atoms with Crippen LogP contribution in [0.15, 0.2) is 22.7 Å². The van der Waals surface area contributed by atoms with E-state index < -0.39 is 5.97 Å². The molecule has 0 aliphatic carbocycles. The number of hydrogen-bond donors (Lipinski definition) is 2. The summed E-state index contributed by atoms with van der Waals surface area (Å²) in [5, 5.41) is 11.6. The molecule has 0 aliphatic heterocycles. The first kappa shape index (κ1) is 14.5. The smallest absolute Gasteiger partial charge is 0.335 e. The zero-order chi connectivity index (χ0) is 13.7. The van der Waals surface area contributed by atoms with Gasteiger partial charge in [-0.15, -0.1) is 0 Å². The number of rotatable bonds is 5. The van der Waals surface area contributed by atoms with Crippen molar-refractivity contribution < 1.29 is 14.7 Å². The van der Waals surface area contributed by atoms with E-state index >= 15 is 0 Å². The van der Waals surface area contributed by atoms with E-state index in [2.05, 4.69) is 21.2 Å². The summed E-state index contributed by atoms with van der Waals surface area (Å²) in [7, 11) is 1.77. The summed E-state index contributed by atoms with van der Waals surface area (Å²) in [4.78, 5) is 24.0. The Hall–Kier alpha value is -1.56. The molecule has 1 aromatic carbocycles. The van der Waals surface area contributed by atoms with Gasteiger partial charge in [0.2, 0.25) is 5.91 Å². The predicted octanol–water partition coefficient (Wildman–Crippen LogP) is 1.72. The molecule has 0 aliphatic rings.